The second kappa shape index (κ2) is 11.3. The van der Waals surface area contributed by atoms with Crippen molar-refractivity contribution in [3.63, 3.8) is 0 Å². The van der Waals surface area contributed by atoms with E-state index in [9.17, 15) is 9.59 Å². The molecule has 0 saturated heterocycles. The van der Waals surface area contributed by atoms with Crippen LogP contribution >= 0.6 is 0 Å². The van der Waals surface area contributed by atoms with Crippen LogP contribution in [0.5, 0.6) is 0 Å². The Morgan fingerprint density at radius 2 is 1.43 bits per heavy atom. The SMILES string of the molecule is CC(C)=CC[C@@H](CCO[Si](c1ccccc1)(c1ccccc1)C(C)(C)C)C1=CC(=O)C(C)=CC1=O. The fourth-order valence-corrected chi connectivity index (χ4v) is 9.47. The molecule has 0 aliphatic heterocycles. The number of hydrogen-bond donors (Lipinski definition) is 0. The van der Waals surface area contributed by atoms with Gasteiger partial charge in [0.15, 0.2) is 11.6 Å². The fourth-order valence-electron chi connectivity index (χ4n) is 4.89. The lowest BCUT2D eigenvalue weighted by Crippen LogP contribution is -2.66. The van der Waals surface area contributed by atoms with Gasteiger partial charge in [0.25, 0.3) is 8.32 Å². The van der Waals surface area contributed by atoms with E-state index in [-0.39, 0.29) is 22.5 Å². The van der Waals surface area contributed by atoms with Crippen molar-refractivity contribution in [3.05, 3.63) is 95.6 Å². The highest BCUT2D eigenvalue weighted by Crippen LogP contribution is 2.37. The molecule has 1 aliphatic rings. The summed E-state index contributed by atoms with van der Waals surface area (Å²) in [6.45, 7) is 13.1. The smallest absolute Gasteiger partial charge is 0.261 e. The molecule has 4 heteroatoms. The Morgan fingerprint density at radius 1 is 0.886 bits per heavy atom. The van der Waals surface area contributed by atoms with E-state index in [1.807, 2.05) is 12.1 Å². The summed E-state index contributed by atoms with van der Waals surface area (Å²) in [6.07, 6.45) is 6.56. The molecular weight excluding hydrogens is 448 g/mol. The topological polar surface area (TPSA) is 43.4 Å². The van der Waals surface area contributed by atoms with Crippen LogP contribution in [0.3, 0.4) is 0 Å². The Kier molecular flexibility index (Phi) is 8.63. The molecule has 2 aromatic carbocycles. The molecule has 0 unspecified atom stereocenters. The van der Waals surface area contributed by atoms with E-state index in [1.165, 1.54) is 22.0 Å². The van der Waals surface area contributed by atoms with Gasteiger partial charge in [-0.1, -0.05) is 93.1 Å². The molecule has 1 atom stereocenters. The number of allylic oxidation sites excluding steroid dienone is 6. The second-order valence-corrected chi connectivity index (χ2v) is 15.0. The maximum atomic E-state index is 12.8. The lowest BCUT2D eigenvalue weighted by molar-refractivity contribution is -0.115. The summed E-state index contributed by atoms with van der Waals surface area (Å²) in [4.78, 5) is 25.2. The molecule has 0 saturated carbocycles. The van der Waals surface area contributed by atoms with Crippen LogP contribution in [0.1, 0.15) is 54.4 Å². The van der Waals surface area contributed by atoms with E-state index in [4.69, 9.17) is 4.43 Å². The lowest BCUT2D eigenvalue weighted by atomic mass is 9.84. The molecule has 0 radical (unpaired) electrons. The maximum absolute atomic E-state index is 12.8. The molecule has 0 spiro atoms. The summed E-state index contributed by atoms with van der Waals surface area (Å²) < 4.78 is 7.06. The van der Waals surface area contributed by atoms with Crippen molar-refractivity contribution in [2.24, 2.45) is 5.92 Å². The summed E-state index contributed by atoms with van der Waals surface area (Å²) >= 11 is 0. The highest BCUT2D eigenvalue weighted by Gasteiger charge is 2.50. The number of carbonyl (C=O) groups is 2. The molecule has 3 rings (SSSR count). The summed E-state index contributed by atoms with van der Waals surface area (Å²) in [5, 5.41) is 2.36. The van der Waals surface area contributed by atoms with Gasteiger partial charge in [-0.05, 0) is 67.1 Å². The van der Waals surface area contributed by atoms with Gasteiger partial charge in [-0.15, -0.1) is 0 Å². The first kappa shape index (κ1) is 26.8. The monoisotopic (exact) mass is 486 g/mol. The molecule has 0 aromatic heterocycles. The van der Waals surface area contributed by atoms with Crippen molar-refractivity contribution in [2.75, 3.05) is 6.61 Å². The zero-order chi connectivity index (χ0) is 25.6. The number of ketones is 2. The van der Waals surface area contributed by atoms with Crippen molar-refractivity contribution in [2.45, 2.75) is 59.4 Å². The van der Waals surface area contributed by atoms with Crippen molar-refractivity contribution in [1.29, 1.82) is 0 Å². The van der Waals surface area contributed by atoms with Crippen LogP contribution in [0.25, 0.3) is 0 Å². The van der Waals surface area contributed by atoms with Crippen LogP contribution in [-0.2, 0) is 14.0 Å². The second-order valence-electron chi connectivity index (χ2n) is 10.7. The molecule has 0 heterocycles. The molecule has 184 valence electrons. The molecule has 2 aromatic rings. The lowest BCUT2D eigenvalue weighted by Gasteiger charge is -2.43. The van der Waals surface area contributed by atoms with E-state index in [2.05, 4.69) is 89.2 Å². The Bertz CT molecular complexity index is 1090. The summed E-state index contributed by atoms with van der Waals surface area (Å²) in [6, 6.07) is 21.2. The highest BCUT2D eigenvalue weighted by atomic mass is 28.4. The van der Waals surface area contributed by atoms with Gasteiger partial charge in [0.1, 0.15) is 0 Å². The van der Waals surface area contributed by atoms with E-state index in [1.54, 1.807) is 13.0 Å². The maximum Gasteiger partial charge on any atom is 0.261 e. The zero-order valence-corrected chi connectivity index (χ0v) is 22.9. The molecule has 0 bridgehead atoms. The third kappa shape index (κ3) is 6.06. The minimum absolute atomic E-state index is 0.0558. The Labute approximate surface area is 211 Å². The van der Waals surface area contributed by atoms with Gasteiger partial charge in [0.2, 0.25) is 0 Å². The fraction of sp³-hybridized carbons (Fsp3) is 0.355. The van der Waals surface area contributed by atoms with E-state index in [0.29, 0.717) is 30.6 Å². The van der Waals surface area contributed by atoms with Gasteiger partial charge in [-0.3, -0.25) is 9.59 Å². The van der Waals surface area contributed by atoms with Crippen LogP contribution in [0, 0.1) is 5.92 Å². The first-order valence-electron chi connectivity index (χ1n) is 12.4. The van der Waals surface area contributed by atoms with Crippen molar-refractivity contribution >= 4 is 30.3 Å². The van der Waals surface area contributed by atoms with E-state index in [0.717, 1.165) is 0 Å². The predicted molar refractivity (Wildman–Crippen MR) is 148 cm³/mol. The van der Waals surface area contributed by atoms with E-state index < -0.39 is 8.32 Å². The third-order valence-electron chi connectivity index (χ3n) is 6.76. The largest absolute Gasteiger partial charge is 0.407 e. The van der Waals surface area contributed by atoms with Crippen LogP contribution in [-0.4, -0.2) is 26.5 Å². The average molecular weight is 487 g/mol. The Balaban J connectivity index is 1.96. The molecule has 0 fully saturated rings. The molecule has 35 heavy (non-hydrogen) atoms. The first-order chi connectivity index (χ1) is 16.6. The Morgan fingerprint density at radius 3 is 1.91 bits per heavy atom. The van der Waals surface area contributed by atoms with Gasteiger partial charge in [-0.25, -0.2) is 0 Å². The molecule has 0 amide bonds. The van der Waals surface area contributed by atoms with Crippen LogP contribution in [0.15, 0.2) is 95.6 Å². The minimum atomic E-state index is -2.65. The van der Waals surface area contributed by atoms with Crippen molar-refractivity contribution in [3.8, 4) is 0 Å². The van der Waals surface area contributed by atoms with Gasteiger partial charge in [0.05, 0.1) is 0 Å². The molecular formula is C31H38O3Si. The number of hydrogen-bond acceptors (Lipinski definition) is 3. The first-order valence-corrected chi connectivity index (χ1v) is 14.3. The molecule has 1 aliphatic carbocycles. The molecule has 3 nitrogen and oxygen atoms in total. The molecule has 0 N–H and O–H groups in total. The van der Waals surface area contributed by atoms with E-state index >= 15 is 0 Å². The van der Waals surface area contributed by atoms with Gasteiger partial charge < -0.3 is 4.43 Å². The third-order valence-corrected chi connectivity index (χ3v) is 11.8. The van der Waals surface area contributed by atoms with Gasteiger partial charge >= 0.3 is 0 Å². The average Bonchev–Trinajstić information content (AvgIpc) is 2.81. The number of carbonyl (C=O) groups excluding carboxylic acids is 2. The van der Waals surface area contributed by atoms with Crippen LogP contribution in [0.4, 0.5) is 0 Å². The predicted octanol–water partition coefficient (Wildman–Crippen LogP) is 5.95. The van der Waals surface area contributed by atoms with Crippen molar-refractivity contribution in [1.82, 2.24) is 0 Å². The summed E-state index contributed by atoms with van der Waals surface area (Å²) in [5.74, 6) is -0.196. The highest BCUT2D eigenvalue weighted by molar-refractivity contribution is 6.99. The Hall–Kier alpha value is -2.82. The standard InChI is InChI=1S/C31H38O3Si/c1-23(2)17-18-25(28-22-29(32)24(3)21-30(28)33)19-20-34-35(31(4,5)6,26-13-9-7-10-14-26)27-15-11-8-12-16-27/h7-17,21-22,25H,18-20H2,1-6H3/t25-/m0/s1. The van der Waals surface area contributed by atoms with Gasteiger partial charge in [0, 0.05) is 17.8 Å². The summed E-state index contributed by atoms with van der Waals surface area (Å²) in [7, 11) is -2.65. The minimum Gasteiger partial charge on any atom is -0.407 e. The normalized spacial score (nSPS) is 15.4. The zero-order valence-electron chi connectivity index (χ0n) is 21.9. The quantitative estimate of drug-likeness (QED) is 0.250. The van der Waals surface area contributed by atoms with Crippen LogP contribution in [0.2, 0.25) is 5.04 Å². The summed E-state index contributed by atoms with van der Waals surface area (Å²) in [5.41, 5.74) is 2.30. The van der Waals surface area contributed by atoms with Gasteiger partial charge in [-0.2, -0.15) is 0 Å². The number of rotatable bonds is 9. The number of benzene rings is 2. The van der Waals surface area contributed by atoms with Crippen LogP contribution < -0.4 is 10.4 Å². The van der Waals surface area contributed by atoms with Crippen molar-refractivity contribution < 1.29 is 14.0 Å².